The Labute approximate surface area is 92.6 Å². The van der Waals surface area contributed by atoms with E-state index in [0.717, 1.165) is 5.69 Å². The van der Waals surface area contributed by atoms with Gasteiger partial charge in [-0.1, -0.05) is 6.07 Å². The van der Waals surface area contributed by atoms with Gasteiger partial charge >= 0.3 is 0 Å². The van der Waals surface area contributed by atoms with Crippen LogP contribution in [0.3, 0.4) is 0 Å². The fourth-order valence-corrected chi connectivity index (χ4v) is 2.14. The molecule has 3 heteroatoms. The molecule has 1 aromatic carbocycles. The highest BCUT2D eigenvalue weighted by Crippen LogP contribution is 2.22. The van der Waals surface area contributed by atoms with Crippen molar-refractivity contribution < 1.29 is 4.39 Å². The van der Waals surface area contributed by atoms with Crippen molar-refractivity contribution in [2.75, 3.05) is 5.32 Å². The first-order valence-electron chi connectivity index (χ1n) is 4.81. The number of rotatable bonds is 3. The molecule has 1 heterocycles. The summed E-state index contributed by atoms with van der Waals surface area (Å²) in [5.41, 5.74) is 0.942. The molecule has 15 heavy (non-hydrogen) atoms. The second-order valence-electron chi connectivity index (χ2n) is 3.39. The summed E-state index contributed by atoms with van der Waals surface area (Å²) in [5.74, 6) is -0.204. The Kier molecular flexibility index (Phi) is 3.02. The van der Waals surface area contributed by atoms with Crippen molar-refractivity contribution >= 4 is 17.0 Å². The molecule has 0 saturated carbocycles. The summed E-state index contributed by atoms with van der Waals surface area (Å²) in [4.78, 5) is 1.28. The number of halogens is 1. The summed E-state index contributed by atoms with van der Waals surface area (Å²) in [6.45, 7) is 2.09. The quantitative estimate of drug-likeness (QED) is 0.824. The van der Waals surface area contributed by atoms with Gasteiger partial charge in [0.2, 0.25) is 0 Å². The topological polar surface area (TPSA) is 12.0 Å². The van der Waals surface area contributed by atoms with E-state index >= 15 is 0 Å². The van der Waals surface area contributed by atoms with Crippen molar-refractivity contribution in [2.24, 2.45) is 0 Å². The van der Waals surface area contributed by atoms with Crippen LogP contribution in [0.2, 0.25) is 0 Å². The van der Waals surface area contributed by atoms with Gasteiger partial charge in [0.05, 0.1) is 6.04 Å². The van der Waals surface area contributed by atoms with Gasteiger partial charge in [-0.25, -0.2) is 4.39 Å². The fourth-order valence-electron chi connectivity index (χ4n) is 1.40. The Bertz CT molecular complexity index is 408. The lowest BCUT2D eigenvalue weighted by Gasteiger charge is -2.13. The number of hydrogen-bond acceptors (Lipinski definition) is 2. The average molecular weight is 221 g/mol. The predicted molar refractivity (Wildman–Crippen MR) is 62.8 cm³/mol. The molecule has 1 N–H and O–H groups in total. The van der Waals surface area contributed by atoms with Crippen molar-refractivity contribution in [3.8, 4) is 0 Å². The molecule has 1 aromatic heterocycles. The molecule has 0 bridgehead atoms. The van der Waals surface area contributed by atoms with E-state index in [2.05, 4.69) is 23.7 Å². The summed E-state index contributed by atoms with van der Waals surface area (Å²) < 4.78 is 12.7. The summed E-state index contributed by atoms with van der Waals surface area (Å²) in [6.07, 6.45) is 0. The highest BCUT2D eigenvalue weighted by molar-refractivity contribution is 7.10. The van der Waals surface area contributed by atoms with Crippen molar-refractivity contribution in [2.45, 2.75) is 13.0 Å². The normalized spacial score (nSPS) is 12.4. The van der Waals surface area contributed by atoms with Crippen LogP contribution in [0, 0.1) is 5.82 Å². The van der Waals surface area contributed by atoms with E-state index in [0.29, 0.717) is 0 Å². The van der Waals surface area contributed by atoms with Crippen molar-refractivity contribution in [1.29, 1.82) is 0 Å². The fraction of sp³-hybridized carbons (Fsp3) is 0.167. The molecule has 2 aromatic rings. The van der Waals surface area contributed by atoms with Gasteiger partial charge in [0.1, 0.15) is 5.82 Å². The van der Waals surface area contributed by atoms with Crippen LogP contribution in [-0.4, -0.2) is 0 Å². The third-order valence-corrected chi connectivity index (χ3v) is 3.25. The van der Waals surface area contributed by atoms with Crippen LogP contribution in [0.25, 0.3) is 0 Å². The van der Waals surface area contributed by atoms with Gasteiger partial charge in [0.15, 0.2) is 0 Å². The molecular weight excluding hydrogens is 209 g/mol. The highest BCUT2D eigenvalue weighted by Gasteiger charge is 2.05. The number of thiophene rings is 1. The van der Waals surface area contributed by atoms with Gasteiger partial charge in [0.25, 0.3) is 0 Å². The molecule has 0 unspecified atom stereocenters. The van der Waals surface area contributed by atoms with Crippen molar-refractivity contribution in [3.63, 3.8) is 0 Å². The zero-order valence-electron chi connectivity index (χ0n) is 8.41. The Hall–Kier alpha value is -1.35. The molecule has 0 aliphatic heterocycles. The number of nitrogens with one attached hydrogen (secondary N) is 1. The first-order valence-corrected chi connectivity index (χ1v) is 5.69. The molecule has 0 aliphatic rings. The second kappa shape index (κ2) is 4.45. The first-order chi connectivity index (χ1) is 7.25. The van der Waals surface area contributed by atoms with Crippen molar-refractivity contribution in [1.82, 2.24) is 0 Å². The number of benzene rings is 1. The van der Waals surface area contributed by atoms with E-state index in [1.54, 1.807) is 23.5 Å². The Morgan fingerprint density at radius 1 is 1.20 bits per heavy atom. The van der Waals surface area contributed by atoms with E-state index in [4.69, 9.17) is 0 Å². The van der Waals surface area contributed by atoms with Crippen LogP contribution in [0.4, 0.5) is 10.1 Å². The van der Waals surface area contributed by atoms with Crippen LogP contribution in [0.5, 0.6) is 0 Å². The van der Waals surface area contributed by atoms with Crippen LogP contribution in [0.1, 0.15) is 17.8 Å². The summed E-state index contributed by atoms with van der Waals surface area (Å²) in [6, 6.07) is 10.8. The SMILES string of the molecule is C[C@@H](Nc1ccc(F)cc1)c1cccs1. The Morgan fingerprint density at radius 2 is 1.93 bits per heavy atom. The summed E-state index contributed by atoms with van der Waals surface area (Å²) in [5, 5.41) is 5.37. The van der Waals surface area contributed by atoms with Gasteiger partial charge in [-0.2, -0.15) is 0 Å². The van der Waals surface area contributed by atoms with E-state index in [1.807, 2.05) is 6.07 Å². The van der Waals surface area contributed by atoms with Crippen LogP contribution in [-0.2, 0) is 0 Å². The van der Waals surface area contributed by atoms with Gasteiger partial charge < -0.3 is 5.32 Å². The van der Waals surface area contributed by atoms with Gasteiger partial charge in [-0.15, -0.1) is 11.3 Å². The minimum absolute atomic E-state index is 0.204. The lowest BCUT2D eigenvalue weighted by molar-refractivity contribution is 0.628. The smallest absolute Gasteiger partial charge is 0.123 e. The maximum atomic E-state index is 12.7. The molecule has 0 radical (unpaired) electrons. The van der Waals surface area contributed by atoms with Gasteiger partial charge in [-0.05, 0) is 42.6 Å². The average Bonchev–Trinajstić information content (AvgIpc) is 2.74. The highest BCUT2D eigenvalue weighted by atomic mass is 32.1. The van der Waals surface area contributed by atoms with E-state index in [1.165, 1.54) is 17.0 Å². The van der Waals surface area contributed by atoms with Crippen LogP contribution < -0.4 is 5.32 Å². The largest absolute Gasteiger partial charge is 0.378 e. The zero-order chi connectivity index (χ0) is 10.7. The minimum Gasteiger partial charge on any atom is -0.378 e. The third kappa shape index (κ3) is 2.57. The monoisotopic (exact) mass is 221 g/mol. The molecule has 78 valence electrons. The predicted octanol–water partition coefficient (Wildman–Crippen LogP) is 4.06. The zero-order valence-corrected chi connectivity index (χ0v) is 9.22. The first kappa shape index (κ1) is 10.2. The summed E-state index contributed by atoms with van der Waals surface area (Å²) in [7, 11) is 0. The van der Waals surface area contributed by atoms with Gasteiger partial charge in [0, 0.05) is 10.6 Å². The van der Waals surface area contributed by atoms with Crippen LogP contribution >= 0.6 is 11.3 Å². The van der Waals surface area contributed by atoms with E-state index < -0.39 is 0 Å². The molecular formula is C12H12FNS. The van der Waals surface area contributed by atoms with E-state index in [-0.39, 0.29) is 11.9 Å². The Morgan fingerprint density at radius 3 is 2.53 bits per heavy atom. The maximum Gasteiger partial charge on any atom is 0.123 e. The maximum absolute atomic E-state index is 12.7. The van der Waals surface area contributed by atoms with Crippen molar-refractivity contribution in [3.05, 3.63) is 52.5 Å². The molecule has 0 aliphatic carbocycles. The van der Waals surface area contributed by atoms with E-state index in [9.17, 15) is 4.39 Å². The molecule has 1 atom stereocenters. The molecule has 1 nitrogen and oxygen atoms in total. The summed E-state index contributed by atoms with van der Waals surface area (Å²) >= 11 is 1.72. The molecule has 2 rings (SSSR count). The minimum atomic E-state index is -0.204. The molecule has 0 fully saturated rings. The second-order valence-corrected chi connectivity index (χ2v) is 4.37. The standard InChI is InChI=1S/C12H12FNS/c1-9(12-3-2-8-15-12)14-11-6-4-10(13)5-7-11/h2-9,14H,1H3/t9-/m1/s1. The lowest BCUT2D eigenvalue weighted by Crippen LogP contribution is -2.04. The van der Waals surface area contributed by atoms with Gasteiger partial charge in [-0.3, -0.25) is 0 Å². The third-order valence-electron chi connectivity index (χ3n) is 2.20. The number of anilines is 1. The molecule has 0 saturated heterocycles. The molecule has 0 amide bonds. The number of hydrogen-bond donors (Lipinski definition) is 1. The molecule has 0 spiro atoms. The van der Waals surface area contributed by atoms with Crippen LogP contribution in [0.15, 0.2) is 41.8 Å². The lowest BCUT2D eigenvalue weighted by atomic mass is 10.2. The Balaban J connectivity index is 2.06.